The summed E-state index contributed by atoms with van der Waals surface area (Å²) in [5.41, 5.74) is 0. The minimum Gasteiger partial charge on any atom is -0.373 e. The van der Waals surface area contributed by atoms with E-state index in [0.717, 1.165) is 18.9 Å². The summed E-state index contributed by atoms with van der Waals surface area (Å²) < 4.78 is 5.51. The van der Waals surface area contributed by atoms with Crippen molar-refractivity contribution in [2.45, 2.75) is 52.4 Å². The summed E-state index contributed by atoms with van der Waals surface area (Å²) in [6, 6.07) is 0. The Bertz CT molecular complexity index is 189. The summed E-state index contributed by atoms with van der Waals surface area (Å²) in [5.74, 6) is 1.72. The molecule has 0 N–H and O–H groups in total. The fourth-order valence-corrected chi connectivity index (χ4v) is 2.32. The highest BCUT2D eigenvalue weighted by atomic mass is 16.5. The average Bonchev–Trinajstić information content (AvgIpc) is 2.21. The first-order chi connectivity index (χ1) is 7.24. The highest BCUT2D eigenvalue weighted by Crippen LogP contribution is 2.29. The number of carbonyl (C=O) groups is 1. The van der Waals surface area contributed by atoms with E-state index in [1.165, 1.54) is 25.7 Å². The van der Waals surface area contributed by atoms with Gasteiger partial charge in [-0.3, -0.25) is 4.79 Å². The Morgan fingerprint density at radius 2 is 2.07 bits per heavy atom. The largest absolute Gasteiger partial charge is 0.373 e. The zero-order valence-corrected chi connectivity index (χ0v) is 10.1. The smallest absolute Gasteiger partial charge is 0.158 e. The molecule has 2 atom stereocenters. The topological polar surface area (TPSA) is 26.3 Å². The lowest BCUT2D eigenvalue weighted by molar-refractivity contribution is -0.124. The van der Waals surface area contributed by atoms with E-state index in [1.54, 1.807) is 0 Å². The third kappa shape index (κ3) is 4.78. The molecule has 1 saturated carbocycles. The van der Waals surface area contributed by atoms with Crippen LogP contribution in [0.3, 0.4) is 0 Å². The van der Waals surface area contributed by atoms with Gasteiger partial charge in [0.25, 0.3) is 0 Å². The number of ketones is 1. The molecule has 0 aliphatic heterocycles. The first-order valence-corrected chi connectivity index (χ1v) is 6.33. The molecule has 2 nitrogen and oxygen atoms in total. The Morgan fingerprint density at radius 3 is 2.73 bits per heavy atom. The van der Waals surface area contributed by atoms with Crippen LogP contribution in [0.15, 0.2) is 0 Å². The van der Waals surface area contributed by atoms with Gasteiger partial charge in [-0.25, -0.2) is 0 Å². The zero-order chi connectivity index (χ0) is 11.1. The monoisotopic (exact) mass is 212 g/mol. The summed E-state index contributed by atoms with van der Waals surface area (Å²) in [6.07, 6.45) is 6.91. The molecule has 0 aromatic carbocycles. The van der Waals surface area contributed by atoms with Crippen molar-refractivity contribution in [1.29, 1.82) is 0 Å². The summed E-state index contributed by atoms with van der Waals surface area (Å²) >= 11 is 0. The van der Waals surface area contributed by atoms with Crippen LogP contribution >= 0.6 is 0 Å². The van der Waals surface area contributed by atoms with Crippen molar-refractivity contribution in [2.75, 3.05) is 13.2 Å². The quantitative estimate of drug-likeness (QED) is 0.676. The molecular weight excluding hydrogens is 188 g/mol. The van der Waals surface area contributed by atoms with E-state index < -0.39 is 0 Å². The maximum absolute atomic E-state index is 11.2. The van der Waals surface area contributed by atoms with Gasteiger partial charge in [-0.2, -0.15) is 0 Å². The van der Waals surface area contributed by atoms with Crippen LogP contribution in [0.1, 0.15) is 52.4 Å². The lowest BCUT2D eigenvalue weighted by Gasteiger charge is -2.28. The van der Waals surface area contributed by atoms with Crippen molar-refractivity contribution in [2.24, 2.45) is 11.8 Å². The standard InChI is InChI=1S/C13H24O2/c1-3-6-13(14)10-15-9-12-8-5-4-7-11(12)2/h11-12H,3-10H2,1-2H3. The molecule has 1 rings (SSSR count). The van der Waals surface area contributed by atoms with Gasteiger partial charge in [0.2, 0.25) is 0 Å². The number of carbonyl (C=O) groups excluding carboxylic acids is 1. The van der Waals surface area contributed by atoms with E-state index in [4.69, 9.17) is 4.74 Å². The summed E-state index contributed by atoms with van der Waals surface area (Å²) in [7, 11) is 0. The van der Waals surface area contributed by atoms with Gasteiger partial charge in [0.05, 0.1) is 6.61 Å². The Labute approximate surface area is 93.4 Å². The molecule has 0 aromatic rings. The molecule has 0 amide bonds. The van der Waals surface area contributed by atoms with Crippen molar-refractivity contribution in [3.8, 4) is 0 Å². The molecule has 0 saturated heterocycles. The van der Waals surface area contributed by atoms with Crippen molar-refractivity contribution >= 4 is 5.78 Å². The summed E-state index contributed by atoms with van der Waals surface area (Å²) in [6.45, 7) is 5.45. The van der Waals surface area contributed by atoms with Crippen molar-refractivity contribution in [3.63, 3.8) is 0 Å². The third-order valence-corrected chi connectivity index (χ3v) is 3.41. The molecule has 1 aliphatic carbocycles. The van der Waals surface area contributed by atoms with Crippen molar-refractivity contribution in [1.82, 2.24) is 0 Å². The Balaban J connectivity index is 2.10. The van der Waals surface area contributed by atoms with Gasteiger partial charge in [0.1, 0.15) is 6.61 Å². The molecule has 0 spiro atoms. The molecule has 2 unspecified atom stereocenters. The van der Waals surface area contributed by atoms with E-state index in [0.29, 0.717) is 18.9 Å². The van der Waals surface area contributed by atoms with Gasteiger partial charge in [0.15, 0.2) is 5.78 Å². The second-order valence-electron chi connectivity index (χ2n) is 4.83. The number of Topliss-reactive ketones (excluding diaryl/α,β-unsaturated/α-hetero) is 1. The molecule has 1 aliphatic rings. The first-order valence-electron chi connectivity index (χ1n) is 6.33. The number of ether oxygens (including phenoxy) is 1. The fraction of sp³-hybridized carbons (Fsp3) is 0.923. The number of rotatable bonds is 6. The van der Waals surface area contributed by atoms with E-state index in [1.807, 2.05) is 6.92 Å². The maximum atomic E-state index is 11.2. The lowest BCUT2D eigenvalue weighted by Crippen LogP contribution is -2.23. The minimum absolute atomic E-state index is 0.251. The molecular formula is C13H24O2. The van der Waals surface area contributed by atoms with Gasteiger partial charge < -0.3 is 4.74 Å². The average molecular weight is 212 g/mol. The fourth-order valence-electron chi connectivity index (χ4n) is 2.32. The predicted molar refractivity (Wildman–Crippen MR) is 61.9 cm³/mol. The van der Waals surface area contributed by atoms with Gasteiger partial charge in [-0.15, -0.1) is 0 Å². The Morgan fingerprint density at radius 1 is 1.33 bits per heavy atom. The highest BCUT2D eigenvalue weighted by molar-refractivity contribution is 5.79. The SMILES string of the molecule is CCCC(=O)COCC1CCCCC1C. The second-order valence-corrected chi connectivity index (χ2v) is 4.83. The van der Waals surface area contributed by atoms with E-state index in [2.05, 4.69) is 6.92 Å². The van der Waals surface area contributed by atoms with Crippen LogP contribution in [0.5, 0.6) is 0 Å². The van der Waals surface area contributed by atoms with E-state index in [-0.39, 0.29) is 5.78 Å². The van der Waals surface area contributed by atoms with E-state index in [9.17, 15) is 4.79 Å². The van der Waals surface area contributed by atoms with Crippen LogP contribution in [-0.4, -0.2) is 19.0 Å². The highest BCUT2D eigenvalue weighted by Gasteiger charge is 2.21. The van der Waals surface area contributed by atoms with Gasteiger partial charge >= 0.3 is 0 Å². The molecule has 1 fully saturated rings. The molecule has 0 radical (unpaired) electrons. The van der Waals surface area contributed by atoms with Gasteiger partial charge in [-0.05, 0) is 24.7 Å². The molecule has 0 heterocycles. The Hall–Kier alpha value is -0.370. The molecule has 88 valence electrons. The third-order valence-electron chi connectivity index (χ3n) is 3.41. The number of hydrogen-bond acceptors (Lipinski definition) is 2. The molecule has 15 heavy (non-hydrogen) atoms. The Kier molecular flexibility index (Phi) is 5.92. The van der Waals surface area contributed by atoms with Crippen molar-refractivity contribution in [3.05, 3.63) is 0 Å². The van der Waals surface area contributed by atoms with Crippen LogP contribution in [0.25, 0.3) is 0 Å². The van der Waals surface area contributed by atoms with Crippen LogP contribution < -0.4 is 0 Å². The maximum Gasteiger partial charge on any atom is 0.158 e. The van der Waals surface area contributed by atoms with Crippen LogP contribution in [-0.2, 0) is 9.53 Å². The van der Waals surface area contributed by atoms with Crippen molar-refractivity contribution < 1.29 is 9.53 Å². The van der Waals surface area contributed by atoms with Crippen LogP contribution in [0, 0.1) is 11.8 Å². The number of hydrogen-bond donors (Lipinski definition) is 0. The lowest BCUT2D eigenvalue weighted by atomic mass is 9.81. The summed E-state index contributed by atoms with van der Waals surface area (Å²) in [5, 5.41) is 0. The van der Waals surface area contributed by atoms with E-state index >= 15 is 0 Å². The van der Waals surface area contributed by atoms with Gasteiger partial charge in [0, 0.05) is 6.42 Å². The van der Waals surface area contributed by atoms with Crippen LogP contribution in [0.2, 0.25) is 0 Å². The van der Waals surface area contributed by atoms with Gasteiger partial charge in [-0.1, -0.05) is 33.1 Å². The minimum atomic E-state index is 0.251. The van der Waals surface area contributed by atoms with Crippen LogP contribution in [0.4, 0.5) is 0 Å². The molecule has 0 bridgehead atoms. The zero-order valence-electron chi connectivity index (χ0n) is 10.1. The molecule has 0 aromatic heterocycles. The predicted octanol–water partition coefficient (Wildman–Crippen LogP) is 3.20. The second kappa shape index (κ2) is 7.00. The summed E-state index contributed by atoms with van der Waals surface area (Å²) in [4.78, 5) is 11.2. The first kappa shape index (κ1) is 12.7. The normalized spacial score (nSPS) is 26.5. The molecule has 2 heteroatoms.